The van der Waals surface area contributed by atoms with Gasteiger partial charge in [-0.2, -0.15) is 61.5 Å². The van der Waals surface area contributed by atoms with E-state index >= 15 is 0 Å². The molecule has 1 aliphatic rings. The summed E-state index contributed by atoms with van der Waals surface area (Å²) in [6.45, 7) is -1.07. The number of halogens is 14. The van der Waals surface area contributed by atoms with E-state index in [2.05, 4.69) is 9.47 Å². The highest BCUT2D eigenvalue weighted by Crippen LogP contribution is 2.49. The fourth-order valence-corrected chi connectivity index (χ4v) is 2.65. The first-order valence-electron chi connectivity index (χ1n) is 9.21. The number of nitrogens with zero attached hydrogens (tertiary/aromatic N) is 1. The van der Waals surface area contributed by atoms with E-state index in [4.69, 9.17) is 0 Å². The van der Waals surface area contributed by atoms with Gasteiger partial charge in [0.05, 0.1) is 13.2 Å². The molecular formula is C16H13F14NO5. The maximum absolute atomic E-state index is 13.8. The van der Waals surface area contributed by atoms with E-state index in [1.54, 1.807) is 0 Å². The first-order chi connectivity index (χ1) is 15.9. The number of carbonyl (C=O) groups excluding carboxylic acids is 3. The lowest BCUT2D eigenvalue weighted by Gasteiger charge is -2.32. The Kier molecular flexibility index (Phi) is 8.49. The van der Waals surface area contributed by atoms with E-state index in [0.717, 1.165) is 0 Å². The summed E-state index contributed by atoms with van der Waals surface area (Å²) in [4.78, 5) is 34.4. The Balaban J connectivity index is 3.32. The molecule has 1 amide bonds. The fraction of sp³-hybridized carbons (Fsp3) is 0.812. The molecule has 1 rings (SSSR count). The van der Waals surface area contributed by atoms with E-state index in [0.29, 0.717) is 0 Å². The van der Waals surface area contributed by atoms with Crippen LogP contribution in [0.4, 0.5) is 61.5 Å². The summed E-state index contributed by atoms with van der Waals surface area (Å²) >= 11 is 0. The molecule has 1 aliphatic heterocycles. The van der Waals surface area contributed by atoms with Gasteiger partial charge in [-0.3, -0.25) is 4.79 Å². The molecule has 2 atom stereocenters. The van der Waals surface area contributed by atoms with Gasteiger partial charge in [-0.25, -0.2) is 9.59 Å². The summed E-state index contributed by atoms with van der Waals surface area (Å²) < 4.78 is 189. The predicted molar refractivity (Wildman–Crippen MR) is 83.1 cm³/mol. The van der Waals surface area contributed by atoms with Gasteiger partial charge >= 0.3 is 53.9 Å². The third kappa shape index (κ3) is 5.40. The third-order valence-corrected chi connectivity index (χ3v) is 4.54. The first kappa shape index (κ1) is 31.5. The predicted octanol–water partition coefficient (Wildman–Crippen LogP) is 4.12. The summed E-state index contributed by atoms with van der Waals surface area (Å²) in [6, 6.07) is -2.60. The number of amides is 1. The van der Waals surface area contributed by atoms with E-state index in [-0.39, 0.29) is 6.42 Å². The molecular weight excluding hydrogens is 552 g/mol. The molecule has 36 heavy (non-hydrogen) atoms. The number of ether oxygens (including phenoxy) is 2. The number of hydrogen-bond acceptors (Lipinski definition) is 5. The Hall–Kier alpha value is -2.57. The van der Waals surface area contributed by atoms with Gasteiger partial charge in [0.1, 0.15) is 12.1 Å². The highest BCUT2D eigenvalue weighted by molar-refractivity contribution is 5.90. The Morgan fingerprint density at radius 2 is 1.22 bits per heavy atom. The zero-order chi connectivity index (χ0) is 28.7. The van der Waals surface area contributed by atoms with Crippen LogP contribution < -0.4 is 0 Å². The minimum absolute atomic E-state index is 0.00806. The molecule has 0 aromatic heterocycles. The maximum atomic E-state index is 13.8. The van der Waals surface area contributed by atoms with Gasteiger partial charge in [0.2, 0.25) is 0 Å². The third-order valence-electron chi connectivity index (χ3n) is 4.54. The second kappa shape index (κ2) is 9.71. The molecule has 2 unspecified atom stereocenters. The topological polar surface area (TPSA) is 72.9 Å². The minimum atomic E-state index is -7.05. The quantitative estimate of drug-likeness (QED) is 0.327. The SMILES string of the molecule is CCCOC(=O)C1CC(OC(=O)C(F)(F)C(F)(F)C(F)(F)F)CN1C(=O)C(F)(F)C(F)(F)C(F)(F)F. The molecule has 1 fully saturated rings. The molecule has 0 aromatic rings. The number of hydrogen-bond donors (Lipinski definition) is 0. The molecule has 0 saturated carbocycles. The van der Waals surface area contributed by atoms with Gasteiger partial charge in [0.25, 0.3) is 0 Å². The number of alkyl halides is 14. The summed E-state index contributed by atoms with van der Waals surface area (Å²) in [5, 5.41) is 0. The molecule has 1 heterocycles. The van der Waals surface area contributed by atoms with Crippen molar-refractivity contribution in [1.82, 2.24) is 4.90 Å². The summed E-state index contributed by atoms with van der Waals surface area (Å²) in [7, 11) is 0. The van der Waals surface area contributed by atoms with Gasteiger partial charge < -0.3 is 14.4 Å². The molecule has 0 N–H and O–H groups in total. The van der Waals surface area contributed by atoms with E-state index < -0.39 is 90.5 Å². The summed E-state index contributed by atoms with van der Waals surface area (Å²) in [5.74, 6) is -36.2. The smallest absolute Gasteiger partial charge is 0.460 e. The molecule has 0 bridgehead atoms. The van der Waals surface area contributed by atoms with Crippen molar-refractivity contribution < 1.29 is 85.3 Å². The van der Waals surface area contributed by atoms with Crippen molar-refractivity contribution in [2.75, 3.05) is 13.2 Å². The van der Waals surface area contributed by atoms with Crippen molar-refractivity contribution >= 4 is 17.8 Å². The van der Waals surface area contributed by atoms with Crippen LogP contribution in [0.3, 0.4) is 0 Å². The highest BCUT2D eigenvalue weighted by Gasteiger charge is 2.79. The van der Waals surface area contributed by atoms with Gasteiger partial charge in [-0.15, -0.1) is 0 Å². The second-order valence-corrected chi connectivity index (χ2v) is 7.20. The van der Waals surface area contributed by atoms with Crippen molar-refractivity contribution in [3.05, 3.63) is 0 Å². The largest absolute Gasteiger partial charge is 0.464 e. The zero-order valence-corrected chi connectivity index (χ0v) is 17.3. The van der Waals surface area contributed by atoms with Crippen LogP contribution in [-0.2, 0) is 23.9 Å². The second-order valence-electron chi connectivity index (χ2n) is 7.20. The lowest BCUT2D eigenvalue weighted by atomic mass is 10.1. The van der Waals surface area contributed by atoms with Crippen LogP contribution in [0.1, 0.15) is 19.8 Å². The minimum Gasteiger partial charge on any atom is -0.464 e. The van der Waals surface area contributed by atoms with Crippen molar-refractivity contribution in [1.29, 1.82) is 0 Å². The van der Waals surface area contributed by atoms with E-state index in [1.807, 2.05) is 0 Å². The van der Waals surface area contributed by atoms with Crippen LogP contribution in [0.25, 0.3) is 0 Å². The molecule has 0 spiro atoms. The standard InChI is InChI=1S/C16H13F14NO5/c1-2-3-35-8(32)7-4-6(36-10(34)12(19,20)14(23,24)16(28,29)30)5-31(7)9(33)11(17,18)13(21,22)15(25,26)27/h6-7H,2-5H2,1H3. The number of esters is 2. The lowest BCUT2D eigenvalue weighted by molar-refractivity contribution is -0.349. The van der Waals surface area contributed by atoms with E-state index in [1.165, 1.54) is 6.92 Å². The van der Waals surface area contributed by atoms with Crippen LogP contribution in [0.2, 0.25) is 0 Å². The number of likely N-dealkylation sites (tertiary alicyclic amines) is 1. The Morgan fingerprint density at radius 1 is 0.778 bits per heavy atom. The highest BCUT2D eigenvalue weighted by atomic mass is 19.4. The average molecular weight is 565 g/mol. The molecule has 0 aliphatic carbocycles. The van der Waals surface area contributed by atoms with Crippen molar-refractivity contribution in [3.8, 4) is 0 Å². The van der Waals surface area contributed by atoms with Gasteiger partial charge in [-0.05, 0) is 6.42 Å². The van der Waals surface area contributed by atoms with Crippen LogP contribution in [0.5, 0.6) is 0 Å². The number of rotatable bonds is 8. The monoisotopic (exact) mass is 565 g/mol. The molecule has 6 nitrogen and oxygen atoms in total. The van der Waals surface area contributed by atoms with Crippen molar-refractivity contribution in [3.63, 3.8) is 0 Å². The molecule has 0 aromatic carbocycles. The fourth-order valence-electron chi connectivity index (χ4n) is 2.65. The average Bonchev–Trinajstić information content (AvgIpc) is 3.12. The zero-order valence-electron chi connectivity index (χ0n) is 17.3. The number of carbonyl (C=O) groups is 3. The van der Waals surface area contributed by atoms with Gasteiger partial charge in [0, 0.05) is 6.42 Å². The van der Waals surface area contributed by atoms with Crippen LogP contribution in [0, 0.1) is 0 Å². The van der Waals surface area contributed by atoms with Crippen LogP contribution in [-0.4, -0.2) is 84.1 Å². The summed E-state index contributed by atoms with van der Waals surface area (Å²) in [5.41, 5.74) is 0. The molecule has 1 saturated heterocycles. The van der Waals surface area contributed by atoms with Crippen LogP contribution in [0.15, 0.2) is 0 Å². The Morgan fingerprint density at radius 3 is 1.64 bits per heavy atom. The molecule has 20 heteroatoms. The van der Waals surface area contributed by atoms with Gasteiger partial charge in [0.15, 0.2) is 0 Å². The molecule has 0 radical (unpaired) electrons. The molecule has 210 valence electrons. The van der Waals surface area contributed by atoms with Gasteiger partial charge in [-0.1, -0.05) is 6.92 Å². The maximum Gasteiger partial charge on any atom is 0.460 e. The Bertz CT molecular complexity index is 853. The normalized spacial score (nSPS) is 20.4. The van der Waals surface area contributed by atoms with Crippen molar-refractivity contribution in [2.45, 2.75) is 68.0 Å². The van der Waals surface area contributed by atoms with Crippen LogP contribution >= 0.6 is 0 Å². The first-order valence-corrected chi connectivity index (χ1v) is 9.21. The summed E-state index contributed by atoms with van der Waals surface area (Å²) in [6.07, 6.45) is -18.1. The Labute approximate surface area is 190 Å². The van der Waals surface area contributed by atoms with Crippen molar-refractivity contribution in [2.24, 2.45) is 0 Å². The lowest BCUT2D eigenvalue weighted by Crippen LogP contribution is -2.61. The van der Waals surface area contributed by atoms with E-state index in [9.17, 15) is 75.8 Å².